The minimum atomic E-state index is 0.174. The van der Waals surface area contributed by atoms with E-state index in [4.69, 9.17) is 0 Å². The van der Waals surface area contributed by atoms with Gasteiger partial charge < -0.3 is 15.3 Å². The molecule has 1 saturated carbocycles. The maximum absolute atomic E-state index is 9.66. The first-order chi connectivity index (χ1) is 12.7. The Bertz CT molecular complexity index is 759. The SMILES string of the molecule is Cc1ccccc1C1(CNc2cc(N3CCCCC3CO)ncn2)CC1. The van der Waals surface area contributed by atoms with Gasteiger partial charge in [-0.3, -0.25) is 0 Å². The van der Waals surface area contributed by atoms with Gasteiger partial charge in [-0.2, -0.15) is 0 Å². The van der Waals surface area contributed by atoms with Gasteiger partial charge in [-0.15, -0.1) is 0 Å². The molecule has 2 aromatic rings. The van der Waals surface area contributed by atoms with Gasteiger partial charge in [0.25, 0.3) is 0 Å². The number of aromatic nitrogens is 2. The summed E-state index contributed by atoms with van der Waals surface area (Å²) >= 11 is 0. The maximum Gasteiger partial charge on any atom is 0.134 e. The standard InChI is InChI=1S/C21H28N4O/c1-16-6-2-3-8-18(16)21(9-10-21)14-22-19-12-20(24-15-23-19)25-11-5-4-7-17(25)13-26/h2-3,6,8,12,15,17,26H,4-5,7,9-11,13-14H2,1H3,(H,22,23,24). The second-order valence-electron chi connectivity index (χ2n) is 7.74. The fraction of sp³-hybridized carbons (Fsp3) is 0.524. The van der Waals surface area contributed by atoms with Gasteiger partial charge in [0.15, 0.2) is 0 Å². The summed E-state index contributed by atoms with van der Waals surface area (Å²) in [5, 5.41) is 13.2. The minimum absolute atomic E-state index is 0.174. The number of nitrogens with one attached hydrogen (secondary N) is 1. The van der Waals surface area contributed by atoms with Gasteiger partial charge in [0.2, 0.25) is 0 Å². The summed E-state index contributed by atoms with van der Waals surface area (Å²) in [6.45, 7) is 4.24. The van der Waals surface area contributed by atoms with Crippen LogP contribution >= 0.6 is 0 Å². The number of aliphatic hydroxyl groups excluding tert-OH is 1. The zero-order chi connectivity index (χ0) is 18.0. The van der Waals surface area contributed by atoms with E-state index >= 15 is 0 Å². The average Bonchev–Trinajstić information content (AvgIpc) is 3.48. The predicted molar refractivity (Wildman–Crippen MR) is 105 cm³/mol. The quantitative estimate of drug-likeness (QED) is 0.835. The second-order valence-corrected chi connectivity index (χ2v) is 7.74. The highest BCUT2D eigenvalue weighted by molar-refractivity contribution is 5.50. The highest BCUT2D eigenvalue weighted by Crippen LogP contribution is 2.49. The summed E-state index contributed by atoms with van der Waals surface area (Å²) in [5.74, 6) is 1.79. The van der Waals surface area contributed by atoms with Crippen molar-refractivity contribution in [1.82, 2.24) is 9.97 Å². The van der Waals surface area contributed by atoms with E-state index in [0.717, 1.165) is 37.6 Å². The third-order valence-corrected chi connectivity index (χ3v) is 5.96. The van der Waals surface area contributed by atoms with Crippen LogP contribution in [-0.2, 0) is 5.41 Å². The molecule has 2 aliphatic rings. The van der Waals surface area contributed by atoms with Crippen LogP contribution in [0.5, 0.6) is 0 Å². The monoisotopic (exact) mass is 352 g/mol. The molecule has 4 rings (SSSR count). The zero-order valence-corrected chi connectivity index (χ0v) is 15.5. The molecule has 2 N–H and O–H groups in total. The molecule has 1 unspecified atom stereocenters. The first-order valence-electron chi connectivity index (χ1n) is 9.71. The van der Waals surface area contributed by atoms with Crippen molar-refractivity contribution >= 4 is 11.6 Å². The van der Waals surface area contributed by atoms with Crippen LogP contribution in [-0.4, -0.2) is 40.8 Å². The normalized spacial score (nSPS) is 21.5. The number of anilines is 2. The Morgan fingerprint density at radius 1 is 1.23 bits per heavy atom. The lowest BCUT2D eigenvalue weighted by Gasteiger charge is -2.35. The van der Waals surface area contributed by atoms with Crippen LogP contribution in [0.25, 0.3) is 0 Å². The van der Waals surface area contributed by atoms with Crippen molar-refractivity contribution in [2.24, 2.45) is 0 Å². The number of piperidine rings is 1. The molecule has 0 spiro atoms. The summed E-state index contributed by atoms with van der Waals surface area (Å²) in [4.78, 5) is 11.1. The van der Waals surface area contributed by atoms with Gasteiger partial charge in [0.05, 0.1) is 12.6 Å². The van der Waals surface area contributed by atoms with E-state index in [2.05, 4.69) is 51.4 Å². The molecule has 1 atom stereocenters. The Morgan fingerprint density at radius 2 is 2.08 bits per heavy atom. The van der Waals surface area contributed by atoms with Crippen molar-refractivity contribution in [3.8, 4) is 0 Å². The van der Waals surface area contributed by atoms with Crippen molar-refractivity contribution in [1.29, 1.82) is 0 Å². The van der Waals surface area contributed by atoms with Gasteiger partial charge in [0, 0.05) is 24.6 Å². The lowest BCUT2D eigenvalue weighted by molar-refractivity contribution is 0.239. The number of hydrogen-bond acceptors (Lipinski definition) is 5. The molecule has 0 bridgehead atoms. The van der Waals surface area contributed by atoms with Crippen LogP contribution in [0.4, 0.5) is 11.6 Å². The zero-order valence-electron chi connectivity index (χ0n) is 15.5. The summed E-state index contributed by atoms with van der Waals surface area (Å²) in [7, 11) is 0. The molecular formula is C21H28N4O. The van der Waals surface area contributed by atoms with Crippen molar-refractivity contribution in [3.63, 3.8) is 0 Å². The minimum Gasteiger partial charge on any atom is -0.394 e. The van der Waals surface area contributed by atoms with Crippen LogP contribution in [0.1, 0.15) is 43.2 Å². The lowest BCUT2D eigenvalue weighted by Crippen LogP contribution is -2.42. The second kappa shape index (κ2) is 7.23. The smallest absolute Gasteiger partial charge is 0.134 e. The van der Waals surface area contributed by atoms with Crippen LogP contribution in [0.3, 0.4) is 0 Å². The predicted octanol–water partition coefficient (Wildman–Crippen LogP) is 3.28. The summed E-state index contributed by atoms with van der Waals surface area (Å²) in [5.41, 5.74) is 3.07. The number of hydrogen-bond donors (Lipinski definition) is 2. The molecule has 2 heterocycles. The van der Waals surface area contributed by atoms with E-state index in [-0.39, 0.29) is 18.1 Å². The molecule has 1 aliphatic carbocycles. The molecule has 1 aromatic heterocycles. The van der Waals surface area contributed by atoms with Gasteiger partial charge >= 0.3 is 0 Å². The van der Waals surface area contributed by atoms with Gasteiger partial charge in [-0.1, -0.05) is 24.3 Å². The Balaban J connectivity index is 1.47. The molecule has 0 radical (unpaired) electrons. The molecule has 138 valence electrons. The molecular weight excluding hydrogens is 324 g/mol. The largest absolute Gasteiger partial charge is 0.394 e. The Kier molecular flexibility index (Phi) is 4.81. The molecule has 5 heteroatoms. The number of rotatable bonds is 6. The number of aryl methyl sites for hydroxylation is 1. The molecule has 5 nitrogen and oxygen atoms in total. The van der Waals surface area contributed by atoms with E-state index < -0.39 is 0 Å². The summed E-state index contributed by atoms with van der Waals surface area (Å²) in [6.07, 6.45) is 7.44. The fourth-order valence-corrected chi connectivity index (χ4v) is 4.21. The molecule has 26 heavy (non-hydrogen) atoms. The molecule has 0 amide bonds. The molecule has 2 fully saturated rings. The van der Waals surface area contributed by atoms with Crippen LogP contribution in [0.15, 0.2) is 36.7 Å². The van der Waals surface area contributed by atoms with Gasteiger partial charge in [0.1, 0.15) is 18.0 Å². The van der Waals surface area contributed by atoms with E-state index in [1.54, 1.807) is 6.33 Å². The van der Waals surface area contributed by atoms with Crippen molar-refractivity contribution < 1.29 is 5.11 Å². The topological polar surface area (TPSA) is 61.3 Å². The molecule has 1 saturated heterocycles. The number of nitrogens with zero attached hydrogens (tertiary/aromatic N) is 3. The van der Waals surface area contributed by atoms with E-state index in [1.165, 1.54) is 30.4 Å². The van der Waals surface area contributed by atoms with Gasteiger partial charge in [-0.05, 0) is 50.2 Å². The fourth-order valence-electron chi connectivity index (χ4n) is 4.21. The van der Waals surface area contributed by atoms with Crippen molar-refractivity contribution in [2.75, 3.05) is 29.9 Å². The first-order valence-corrected chi connectivity index (χ1v) is 9.71. The average molecular weight is 352 g/mol. The first kappa shape index (κ1) is 17.3. The van der Waals surface area contributed by atoms with Crippen LogP contribution < -0.4 is 10.2 Å². The highest BCUT2D eigenvalue weighted by Gasteiger charge is 2.44. The lowest BCUT2D eigenvalue weighted by atomic mass is 9.92. The van der Waals surface area contributed by atoms with Crippen molar-refractivity contribution in [2.45, 2.75) is 50.5 Å². The van der Waals surface area contributed by atoms with Gasteiger partial charge in [-0.25, -0.2) is 9.97 Å². The van der Waals surface area contributed by atoms with E-state index in [9.17, 15) is 5.11 Å². The van der Waals surface area contributed by atoms with Crippen LogP contribution in [0, 0.1) is 6.92 Å². The third kappa shape index (κ3) is 3.40. The van der Waals surface area contributed by atoms with E-state index in [0.29, 0.717) is 0 Å². The van der Waals surface area contributed by atoms with E-state index in [1.807, 2.05) is 6.07 Å². The van der Waals surface area contributed by atoms with Crippen LogP contribution in [0.2, 0.25) is 0 Å². The summed E-state index contributed by atoms with van der Waals surface area (Å²) < 4.78 is 0. The Hall–Kier alpha value is -2.14. The highest BCUT2D eigenvalue weighted by atomic mass is 16.3. The third-order valence-electron chi connectivity index (χ3n) is 5.96. The summed E-state index contributed by atoms with van der Waals surface area (Å²) in [6, 6.07) is 10.9. The number of aliphatic hydroxyl groups is 1. The number of benzene rings is 1. The Labute approximate surface area is 155 Å². The van der Waals surface area contributed by atoms with Crippen molar-refractivity contribution in [3.05, 3.63) is 47.8 Å². The maximum atomic E-state index is 9.66. The molecule has 1 aliphatic heterocycles. The molecule has 1 aromatic carbocycles. The Morgan fingerprint density at radius 3 is 2.85 bits per heavy atom.